The van der Waals surface area contributed by atoms with Gasteiger partial charge in [-0.15, -0.1) is 0 Å². The number of carbonyl (C=O) groups is 2. The molecule has 0 aliphatic heterocycles. The van der Waals surface area contributed by atoms with Crippen molar-refractivity contribution >= 4 is 27.6 Å². The Hall–Kier alpha value is -2.34. The van der Waals surface area contributed by atoms with E-state index >= 15 is 0 Å². The number of allylic oxidation sites excluding steroid dienone is 10. The van der Waals surface area contributed by atoms with Gasteiger partial charge in [0.2, 0.25) is 0 Å². The van der Waals surface area contributed by atoms with E-state index in [9.17, 15) is 58.9 Å². The van der Waals surface area contributed by atoms with Crippen molar-refractivity contribution in [3.8, 4) is 0 Å². The molecule has 5 unspecified atom stereocenters. The summed E-state index contributed by atoms with van der Waals surface area (Å²) in [6.07, 6.45) is 28.3. The maximum atomic E-state index is 13.0. The fourth-order valence-corrected chi connectivity index (χ4v) is 8.71. The van der Waals surface area contributed by atoms with Gasteiger partial charge in [0.15, 0.2) is 6.10 Å². The van der Waals surface area contributed by atoms with Crippen LogP contribution in [0.15, 0.2) is 60.8 Å². The van der Waals surface area contributed by atoms with Gasteiger partial charge in [0.05, 0.1) is 12.7 Å². The number of phosphoric ester groups is 2. The molecule has 68 heavy (non-hydrogen) atoms. The highest BCUT2D eigenvalue weighted by Gasteiger charge is 2.54. The van der Waals surface area contributed by atoms with Crippen LogP contribution in [0.4, 0.5) is 0 Å². The van der Waals surface area contributed by atoms with Gasteiger partial charge in [-0.1, -0.05) is 139 Å². The highest BCUT2D eigenvalue weighted by Crippen LogP contribution is 2.49. The van der Waals surface area contributed by atoms with Gasteiger partial charge in [-0.2, -0.15) is 0 Å². The largest absolute Gasteiger partial charge is 0.472 e. The molecular formula is C49H86O17P2. The second-order valence-electron chi connectivity index (χ2n) is 17.3. The third-order valence-electron chi connectivity index (χ3n) is 11.2. The summed E-state index contributed by atoms with van der Waals surface area (Å²) in [5, 5.41) is 50.9. The molecule has 0 bridgehead atoms. The van der Waals surface area contributed by atoms with E-state index in [0.29, 0.717) is 25.7 Å². The summed E-state index contributed by atoms with van der Waals surface area (Å²) in [6, 6.07) is 0. The van der Waals surface area contributed by atoms with E-state index in [1.165, 1.54) is 38.5 Å². The van der Waals surface area contributed by atoms with Crippen molar-refractivity contribution in [2.75, 3.05) is 13.2 Å². The third-order valence-corrected chi connectivity index (χ3v) is 12.7. The van der Waals surface area contributed by atoms with E-state index < -0.39 is 83.5 Å². The van der Waals surface area contributed by atoms with Crippen LogP contribution in [0.2, 0.25) is 0 Å². The summed E-state index contributed by atoms with van der Waals surface area (Å²) >= 11 is 0. The van der Waals surface area contributed by atoms with Crippen LogP contribution in [0, 0.1) is 0 Å². The number of unbranched alkanes of at least 4 members (excludes halogenated alkanes) is 14. The second-order valence-corrected chi connectivity index (χ2v) is 19.9. The summed E-state index contributed by atoms with van der Waals surface area (Å²) < 4.78 is 49.3. The van der Waals surface area contributed by atoms with E-state index in [2.05, 4.69) is 54.0 Å². The molecule has 0 aromatic carbocycles. The minimum Gasteiger partial charge on any atom is -0.462 e. The molecule has 0 spiro atoms. The Kier molecular flexibility index (Phi) is 36.8. The topological polar surface area (TPSA) is 276 Å². The van der Waals surface area contributed by atoms with Gasteiger partial charge in [0.1, 0.15) is 43.2 Å². The van der Waals surface area contributed by atoms with Crippen molar-refractivity contribution in [2.45, 2.75) is 223 Å². The number of phosphoric acid groups is 2. The summed E-state index contributed by atoms with van der Waals surface area (Å²) in [5.74, 6) is -1.30. The van der Waals surface area contributed by atoms with Crippen molar-refractivity contribution in [3.05, 3.63) is 60.8 Å². The lowest BCUT2D eigenvalue weighted by Crippen LogP contribution is -2.64. The predicted octanol–water partition coefficient (Wildman–Crippen LogP) is 8.81. The van der Waals surface area contributed by atoms with Gasteiger partial charge in [0, 0.05) is 12.8 Å². The molecule has 9 atom stereocenters. The van der Waals surface area contributed by atoms with Crippen molar-refractivity contribution in [1.29, 1.82) is 0 Å². The average molecular weight is 1010 g/mol. The molecule has 19 heteroatoms. The lowest BCUT2D eigenvalue weighted by molar-refractivity contribution is -0.216. The maximum absolute atomic E-state index is 13.0. The molecule has 8 N–H and O–H groups in total. The van der Waals surface area contributed by atoms with Gasteiger partial charge in [-0.3, -0.25) is 23.2 Å². The molecule has 0 aromatic heterocycles. The molecule has 1 rings (SSSR count). The molecule has 0 aromatic rings. The Morgan fingerprint density at radius 2 is 0.985 bits per heavy atom. The van der Waals surface area contributed by atoms with E-state index in [0.717, 1.165) is 83.5 Å². The number of carbonyl (C=O) groups excluding carboxylic acids is 2. The van der Waals surface area contributed by atoms with Gasteiger partial charge < -0.3 is 49.7 Å². The minimum atomic E-state index is -5.38. The van der Waals surface area contributed by atoms with Crippen LogP contribution in [-0.4, -0.2) is 114 Å². The Balaban J connectivity index is 2.61. The molecule has 1 aliphatic carbocycles. The van der Waals surface area contributed by atoms with Gasteiger partial charge >= 0.3 is 27.6 Å². The van der Waals surface area contributed by atoms with Gasteiger partial charge in [-0.05, 0) is 83.5 Å². The van der Waals surface area contributed by atoms with Crippen molar-refractivity contribution in [1.82, 2.24) is 0 Å². The first-order valence-corrected chi connectivity index (χ1v) is 27.9. The molecular weight excluding hydrogens is 922 g/mol. The summed E-state index contributed by atoms with van der Waals surface area (Å²) in [5.41, 5.74) is 0. The van der Waals surface area contributed by atoms with E-state index in [1.807, 2.05) is 25.2 Å². The monoisotopic (exact) mass is 1010 g/mol. The van der Waals surface area contributed by atoms with Crippen molar-refractivity contribution in [3.63, 3.8) is 0 Å². The molecule has 0 saturated heterocycles. The number of esters is 2. The summed E-state index contributed by atoms with van der Waals surface area (Å²) in [4.78, 5) is 54.3. The van der Waals surface area contributed by atoms with Crippen molar-refractivity contribution < 1.29 is 82.0 Å². The predicted molar refractivity (Wildman–Crippen MR) is 261 cm³/mol. The first kappa shape index (κ1) is 63.7. The zero-order valence-corrected chi connectivity index (χ0v) is 42.4. The third kappa shape index (κ3) is 33.3. The number of rotatable bonds is 41. The SMILES string of the molecule is CCCCCCCC/C=C\CCCCCCCCCC(=O)OC[C@H](COP(=O)(O)O[C@H]1C(O)C(O)C(O)[C@@H](OP(=O)(O)O)C1O)OC(=O)CCC/C=C\C/C=C\C/C=C\C/C=C\CC[C@H](O)CC. The van der Waals surface area contributed by atoms with Crippen LogP contribution in [0.1, 0.15) is 174 Å². The Bertz CT molecular complexity index is 1560. The molecule has 1 aliphatic rings. The van der Waals surface area contributed by atoms with Crippen LogP contribution in [0.3, 0.4) is 0 Å². The smallest absolute Gasteiger partial charge is 0.462 e. The minimum absolute atomic E-state index is 0.0477. The Morgan fingerprint density at radius 1 is 0.529 bits per heavy atom. The van der Waals surface area contributed by atoms with Gasteiger partial charge in [0.25, 0.3) is 0 Å². The van der Waals surface area contributed by atoms with E-state index in [1.54, 1.807) is 0 Å². The van der Waals surface area contributed by atoms with Crippen LogP contribution in [0.5, 0.6) is 0 Å². The van der Waals surface area contributed by atoms with Crippen LogP contribution >= 0.6 is 15.6 Å². The van der Waals surface area contributed by atoms with Crippen LogP contribution < -0.4 is 0 Å². The summed E-state index contributed by atoms with van der Waals surface area (Å²) in [6.45, 7) is 2.78. The molecule has 1 fully saturated rings. The van der Waals surface area contributed by atoms with Crippen LogP contribution in [0.25, 0.3) is 0 Å². The molecule has 1 saturated carbocycles. The number of aliphatic hydroxyl groups excluding tert-OH is 5. The first-order chi connectivity index (χ1) is 32.5. The molecule has 394 valence electrons. The zero-order chi connectivity index (χ0) is 50.5. The van der Waals surface area contributed by atoms with Crippen molar-refractivity contribution in [2.24, 2.45) is 0 Å². The highest BCUT2D eigenvalue weighted by molar-refractivity contribution is 7.47. The Morgan fingerprint density at radius 3 is 1.53 bits per heavy atom. The lowest BCUT2D eigenvalue weighted by atomic mass is 9.85. The number of aliphatic hydroxyl groups is 5. The maximum Gasteiger partial charge on any atom is 0.472 e. The summed E-state index contributed by atoms with van der Waals surface area (Å²) in [7, 11) is -10.7. The quantitative estimate of drug-likeness (QED) is 0.0123. The zero-order valence-electron chi connectivity index (χ0n) is 40.6. The van der Waals surface area contributed by atoms with Gasteiger partial charge in [-0.25, -0.2) is 9.13 Å². The average Bonchev–Trinajstić information content (AvgIpc) is 3.29. The normalized spacial score (nSPS) is 22.2. The lowest BCUT2D eigenvalue weighted by Gasteiger charge is -2.43. The molecule has 0 amide bonds. The number of hydrogen-bond acceptors (Lipinski definition) is 14. The standard InChI is InChI=1S/C49H86O17P2/c1-3-5-6-7-8-9-10-11-12-13-14-18-21-24-27-30-33-36-42(51)62-38-41(39-63-68(60,61)66-49-46(55)44(53)45(54)48(47(49)56)65-67(57,58)59)64-43(52)37-34-31-28-25-22-19-16-15-17-20-23-26-29-32-35-40(50)4-2/h11-12,16-17,19-20,25-26,28-29,40-41,44-50,53-56H,3-10,13-15,18,21-24,27,30-39H2,1-2H3,(H,60,61)(H2,57,58,59)/b12-11-,19-16-,20-17-,28-25-,29-26-/t40-,41-,44?,45?,46?,47?,48-,49+/m1/s1. The van der Waals surface area contributed by atoms with Crippen LogP contribution in [-0.2, 0) is 41.8 Å². The fraction of sp³-hybridized carbons (Fsp3) is 0.755. The highest BCUT2D eigenvalue weighted by atomic mass is 31.2. The molecule has 17 nitrogen and oxygen atoms in total. The number of hydrogen-bond donors (Lipinski definition) is 8. The van der Waals surface area contributed by atoms with E-state index in [4.69, 9.17) is 18.5 Å². The molecule has 0 heterocycles. The Labute approximate surface area is 405 Å². The van der Waals surface area contributed by atoms with E-state index in [-0.39, 0.29) is 18.9 Å². The molecule has 0 radical (unpaired) electrons. The second kappa shape index (κ2) is 39.3. The fourth-order valence-electron chi connectivity index (χ4n) is 7.17. The first-order valence-electron chi connectivity index (χ1n) is 24.9. The number of ether oxygens (including phenoxy) is 2.